The summed E-state index contributed by atoms with van der Waals surface area (Å²) in [5.41, 5.74) is 5.33. The normalized spacial score (nSPS) is 16.5. The number of hydrogen-bond acceptors (Lipinski definition) is 4. The Bertz CT molecular complexity index is 1310. The van der Waals surface area contributed by atoms with Gasteiger partial charge in [0.2, 0.25) is 5.91 Å². The molecule has 0 spiro atoms. The van der Waals surface area contributed by atoms with E-state index >= 15 is 0 Å². The molecule has 2 atom stereocenters. The highest BCUT2D eigenvalue weighted by molar-refractivity contribution is 5.79. The van der Waals surface area contributed by atoms with E-state index in [0.29, 0.717) is 18.4 Å². The molecule has 2 heterocycles. The molecule has 6 heteroatoms. The van der Waals surface area contributed by atoms with E-state index in [2.05, 4.69) is 86.9 Å². The minimum atomic E-state index is -0.0670. The fourth-order valence-corrected chi connectivity index (χ4v) is 5.62. The van der Waals surface area contributed by atoms with Crippen molar-refractivity contribution in [1.82, 2.24) is 20.2 Å². The second kappa shape index (κ2) is 13.0. The van der Waals surface area contributed by atoms with E-state index in [0.717, 1.165) is 43.7 Å². The molecule has 1 aliphatic rings. The van der Waals surface area contributed by atoms with Crippen molar-refractivity contribution in [2.24, 2.45) is 5.92 Å². The summed E-state index contributed by atoms with van der Waals surface area (Å²) in [6.45, 7) is 2.65. The number of nitrogens with one attached hydrogen (secondary N) is 2. The monoisotopic (exact) mass is 517 g/mol. The van der Waals surface area contributed by atoms with Gasteiger partial charge in [0.25, 0.3) is 0 Å². The van der Waals surface area contributed by atoms with Crippen molar-refractivity contribution in [2.45, 2.75) is 37.6 Å². The van der Waals surface area contributed by atoms with Gasteiger partial charge in [0, 0.05) is 43.4 Å². The summed E-state index contributed by atoms with van der Waals surface area (Å²) in [7, 11) is 0. The van der Waals surface area contributed by atoms with Crippen LogP contribution in [0.15, 0.2) is 97.5 Å². The van der Waals surface area contributed by atoms with E-state index in [-0.39, 0.29) is 23.8 Å². The number of hydrogen-bond donors (Lipinski definition) is 2. The number of amides is 1. The van der Waals surface area contributed by atoms with Crippen molar-refractivity contribution in [3.05, 3.63) is 125 Å². The lowest BCUT2D eigenvalue weighted by molar-refractivity contribution is -0.127. The van der Waals surface area contributed by atoms with Gasteiger partial charge in [-0.3, -0.25) is 4.79 Å². The van der Waals surface area contributed by atoms with E-state index < -0.39 is 0 Å². The smallest absolute Gasteiger partial charge is 0.224 e. The van der Waals surface area contributed by atoms with E-state index in [1.54, 1.807) is 6.33 Å². The van der Waals surface area contributed by atoms with E-state index in [4.69, 9.17) is 5.26 Å². The molecule has 1 aliphatic heterocycles. The second-order valence-electron chi connectivity index (χ2n) is 10.5. The van der Waals surface area contributed by atoms with Crippen molar-refractivity contribution < 1.29 is 4.79 Å². The molecule has 0 radical (unpaired) electrons. The largest absolute Gasteiger partial charge is 0.352 e. The molecular weight excluding hydrogens is 482 g/mol. The van der Waals surface area contributed by atoms with Crippen LogP contribution >= 0.6 is 0 Å². The molecule has 6 nitrogen and oxygen atoms in total. The van der Waals surface area contributed by atoms with E-state index in [9.17, 15) is 4.79 Å². The van der Waals surface area contributed by atoms with Crippen molar-refractivity contribution in [1.29, 1.82) is 5.26 Å². The molecule has 0 bridgehead atoms. The van der Waals surface area contributed by atoms with Gasteiger partial charge in [-0.1, -0.05) is 72.8 Å². The molecule has 0 aliphatic carbocycles. The number of rotatable bonds is 10. The third-order valence-electron chi connectivity index (χ3n) is 7.65. The van der Waals surface area contributed by atoms with Gasteiger partial charge >= 0.3 is 0 Å². The summed E-state index contributed by atoms with van der Waals surface area (Å²) < 4.78 is 0. The number of aromatic amines is 1. The molecule has 0 saturated carbocycles. The summed E-state index contributed by atoms with van der Waals surface area (Å²) in [5.74, 6) is 0.337. The van der Waals surface area contributed by atoms with Gasteiger partial charge in [-0.05, 0) is 54.6 Å². The topological polar surface area (TPSA) is 84.8 Å². The first-order valence-corrected chi connectivity index (χ1v) is 13.8. The van der Waals surface area contributed by atoms with Gasteiger partial charge < -0.3 is 15.2 Å². The van der Waals surface area contributed by atoms with Crippen LogP contribution in [0.4, 0.5) is 0 Å². The quantitative estimate of drug-likeness (QED) is 0.307. The molecular formula is C33H35N5O. The van der Waals surface area contributed by atoms with Crippen molar-refractivity contribution in [3.63, 3.8) is 0 Å². The number of nitrogens with zero attached hydrogens (tertiary/aromatic N) is 3. The number of likely N-dealkylation sites (tertiary alicyclic amines) is 1. The van der Waals surface area contributed by atoms with Gasteiger partial charge in [-0.15, -0.1) is 0 Å². The highest BCUT2D eigenvalue weighted by Gasteiger charge is 2.29. The van der Waals surface area contributed by atoms with Crippen LogP contribution in [0.2, 0.25) is 0 Å². The minimum absolute atomic E-state index is 0.0452. The molecule has 3 aromatic carbocycles. The Balaban J connectivity index is 1.26. The van der Waals surface area contributed by atoms with Gasteiger partial charge in [0.1, 0.15) is 0 Å². The van der Waals surface area contributed by atoms with E-state index in [1.165, 1.54) is 11.1 Å². The first-order chi connectivity index (χ1) is 19.2. The Morgan fingerprint density at radius 3 is 2.31 bits per heavy atom. The molecule has 1 saturated heterocycles. The Hall–Kier alpha value is -4.21. The molecule has 198 valence electrons. The van der Waals surface area contributed by atoms with Crippen LogP contribution in [-0.2, 0) is 17.6 Å². The first-order valence-electron chi connectivity index (χ1n) is 13.8. The van der Waals surface area contributed by atoms with Gasteiger partial charge in [-0.25, -0.2) is 4.98 Å². The number of piperidine rings is 1. The summed E-state index contributed by atoms with van der Waals surface area (Å²) in [6, 6.07) is 31.1. The maximum absolute atomic E-state index is 13.6. The molecule has 1 fully saturated rings. The zero-order chi connectivity index (χ0) is 26.9. The van der Waals surface area contributed by atoms with Gasteiger partial charge in [0.15, 0.2) is 0 Å². The predicted molar refractivity (Wildman–Crippen MR) is 153 cm³/mol. The van der Waals surface area contributed by atoms with Crippen LogP contribution in [-0.4, -0.2) is 46.5 Å². The lowest BCUT2D eigenvalue weighted by atomic mass is 9.89. The average Bonchev–Trinajstić information content (AvgIpc) is 3.50. The van der Waals surface area contributed by atoms with Crippen LogP contribution in [0.5, 0.6) is 0 Å². The van der Waals surface area contributed by atoms with Gasteiger partial charge in [-0.2, -0.15) is 5.26 Å². The Morgan fingerprint density at radius 2 is 1.69 bits per heavy atom. The van der Waals surface area contributed by atoms with Crippen LogP contribution in [0, 0.1) is 17.2 Å². The number of nitriles is 1. The van der Waals surface area contributed by atoms with Crippen molar-refractivity contribution in [2.75, 3.05) is 19.6 Å². The second-order valence-corrected chi connectivity index (χ2v) is 10.5. The number of carbonyl (C=O) groups is 1. The third kappa shape index (κ3) is 7.22. The lowest BCUT2D eigenvalue weighted by Crippen LogP contribution is -2.47. The third-order valence-corrected chi connectivity index (χ3v) is 7.65. The average molecular weight is 518 g/mol. The number of aromatic nitrogens is 2. The molecule has 4 aromatic rings. The number of carbonyl (C=O) groups excluding carboxylic acids is 1. The Labute approximate surface area is 230 Å². The predicted octanol–water partition coefficient (Wildman–Crippen LogP) is 5.10. The molecule has 39 heavy (non-hydrogen) atoms. The molecule has 2 unspecified atom stereocenters. The SMILES string of the molecule is N#Cc1ccc(CC(Cc2cnc[nH]2)NC(=O)C2CCCN(CC(c3ccccc3)c3ccccc3)C2)cc1. The minimum Gasteiger partial charge on any atom is -0.352 e. The first kappa shape index (κ1) is 26.4. The Kier molecular flexibility index (Phi) is 8.82. The zero-order valence-corrected chi connectivity index (χ0v) is 22.2. The Morgan fingerprint density at radius 1 is 1.00 bits per heavy atom. The maximum atomic E-state index is 13.6. The molecule has 5 rings (SSSR count). The molecule has 1 amide bonds. The van der Waals surface area contributed by atoms with Gasteiger partial charge in [0.05, 0.1) is 23.9 Å². The highest BCUT2D eigenvalue weighted by Crippen LogP contribution is 2.28. The summed E-state index contributed by atoms with van der Waals surface area (Å²) in [4.78, 5) is 23.4. The van der Waals surface area contributed by atoms with Crippen LogP contribution in [0.3, 0.4) is 0 Å². The van der Waals surface area contributed by atoms with E-state index in [1.807, 2.05) is 30.5 Å². The highest BCUT2D eigenvalue weighted by atomic mass is 16.2. The number of imidazole rings is 1. The van der Waals surface area contributed by atoms with Crippen LogP contribution in [0.25, 0.3) is 0 Å². The summed E-state index contributed by atoms with van der Waals surface area (Å²) in [6.07, 6.45) is 6.76. The number of benzene rings is 3. The molecule has 2 N–H and O–H groups in total. The van der Waals surface area contributed by atoms with Crippen LogP contribution in [0.1, 0.15) is 46.7 Å². The number of H-pyrrole nitrogens is 1. The fourth-order valence-electron chi connectivity index (χ4n) is 5.62. The fraction of sp³-hybridized carbons (Fsp3) is 0.303. The summed E-state index contributed by atoms with van der Waals surface area (Å²) >= 11 is 0. The lowest BCUT2D eigenvalue weighted by Gasteiger charge is -2.35. The molecule has 1 aromatic heterocycles. The zero-order valence-electron chi connectivity index (χ0n) is 22.2. The van der Waals surface area contributed by atoms with Crippen LogP contribution < -0.4 is 5.32 Å². The van der Waals surface area contributed by atoms with Crippen molar-refractivity contribution >= 4 is 5.91 Å². The standard InChI is InChI=1S/C33H35N5O/c34-20-26-15-13-25(14-16-26)18-30(19-31-21-35-24-36-31)37-33(39)29-12-7-17-38(22-29)23-32(27-8-3-1-4-9-27)28-10-5-2-6-11-28/h1-6,8-11,13-16,21,24,29-30,32H,7,12,17-19,22-23H2,(H,35,36)(H,37,39). The maximum Gasteiger partial charge on any atom is 0.224 e. The van der Waals surface area contributed by atoms with Crippen molar-refractivity contribution in [3.8, 4) is 6.07 Å². The summed E-state index contributed by atoms with van der Waals surface area (Å²) in [5, 5.41) is 12.5.